The number of nitrogens with zero attached hydrogens (tertiary/aromatic N) is 1. The van der Waals surface area contributed by atoms with Gasteiger partial charge in [0.05, 0.1) is 6.10 Å². The Hall–Kier alpha value is -0.700. The molecule has 0 bridgehead atoms. The molecule has 1 rings (SSSR count). The van der Waals surface area contributed by atoms with Crippen molar-refractivity contribution in [1.82, 2.24) is 4.90 Å². The molecule has 0 aromatic rings. The van der Waals surface area contributed by atoms with Crippen LogP contribution in [0.15, 0.2) is 11.5 Å². The summed E-state index contributed by atoms with van der Waals surface area (Å²) in [5, 5.41) is 9.15. The van der Waals surface area contributed by atoms with E-state index in [2.05, 4.69) is 32.6 Å². The third kappa shape index (κ3) is 3.91. The lowest BCUT2D eigenvalue weighted by molar-refractivity contribution is 0.102. The molecule has 0 aromatic heterocycles. The van der Waals surface area contributed by atoms with E-state index >= 15 is 0 Å². The van der Waals surface area contributed by atoms with Crippen molar-refractivity contribution >= 4 is 0 Å². The second kappa shape index (κ2) is 6.90. The molecule has 100 valence electrons. The van der Waals surface area contributed by atoms with E-state index in [9.17, 15) is 0 Å². The van der Waals surface area contributed by atoms with Crippen molar-refractivity contribution in [2.45, 2.75) is 53.1 Å². The van der Waals surface area contributed by atoms with Crippen molar-refractivity contribution in [1.29, 1.82) is 0 Å². The van der Waals surface area contributed by atoms with Gasteiger partial charge in [0.1, 0.15) is 5.76 Å². The van der Waals surface area contributed by atoms with E-state index in [-0.39, 0.29) is 0 Å². The standard InChI is InChI=1S/C14H27NO2/c1-5-14(6-2)17-12(4)11(3)15-8-7-13(9-15)10-16/h13-14,16H,5-10H2,1-4H3/b12-11-. The van der Waals surface area contributed by atoms with Gasteiger partial charge in [0.15, 0.2) is 0 Å². The normalized spacial score (nSPS) is 22.0. The average molecular weight is 241 g/mol. The van der Waals surface area contributed by atoms with Crippen LogP contribution in [0.1, 0.15) is 47.0 Å². The summed E-state index contributed by atoms with van der Waals surface area (Å²) in [7, 11) is 0. The highest BCUT2D eigenvalue weighted by atomic mass is 16.5. The number of allylic oxidation sites excluding steroid dienone is 2. The molecule has 1 aliphatic heterocycles. The molecule has 0 radical (unpaired) electrons. The van der Waals surface area contributed by atoms with Crippen LogP contribution in [-0.4, -0.2) is 35.8 Å². The Labute approximate surface area is 105 Å². The molecule has 3 heteroatoms. The van der Waals surface area contributed by atoms with Crippen LogP contribution in [0.25, 0.3) is 0 Å². The van der Waals surface area contributed by atoms with Crippen LogP contribution < -0.4 is 0 Å². The first-order valence-corrected chi connectivity index (χ1v) is 6.82. The molecule has 1 aliphatic rings. The minimum Gasteiger partial charge on any atom is -0.493 e. The Morgan fingerprint density at radius 2 is 2.00 bits per heavy atom. The van der Waals surface area contributed by atoms with Gasteiger partial charge >= 0.3 is 0 Å². The van der Waals surface area contributed by atoms with E-state index in [0.29, 0.717) is 18.6 Å². The van der Waals surface area contributed by atoms with Gasteiger partial charge in [-0.2, -0.15) is 0 Å². The molecule has 0 spiro atoms. The lowest BCUT2D eigenvalue weighted by Gasteiger charge is -2.24. The Morgan fingerprint density at radius 3 is 2.47 bits per heavy atom. The molecule has 1 saturated heterocycles. The maximum Gasteiger partial charge on any atom is 0.112 e. The fourth-order valence-electron chi connectivity index (χ4n) is 2.30. The van der Waals surface area contributed by atoms with Crippen molar-refractivity contribution in [3.8, 4) is 0 Å². The summed E-state index contributed by atoms with van der Waals surface area (Å²) < 4.78 is 5.97. The molecule has 0 saturated carbocycles. The largest absolute Gasteiger partial charge is 0.493 e. The zero-order valence-electron chi connectivity index (χ0n) is 11.7. The molecule has 1 unspecified atom stereocenters. The number of hydrogen-bond donors (Lipinski definition) is 1. The van der Waals surface area contributed by atoms with Crippen LogP contribution in [0.4, 0.5) is 0 Å². The number of hydrogen-bond acceptors (Lipinski definition) is 3. The van der Waals surface area contributed by atoms with Gasteiger partial charge in [0, 0.05) is 31.3 Å². The molecule has 0 amide bonds. The number of rotatable bonds is 6. The van der Waals surface area contributed by atoms with Gasteiger partial charge in [-0.25, -0.2) is 0 Å². The van der Waals surface area contributed by atoms with Crippen LogP contribution in [0.5, 0.6) is 0 Å². The monoisotopic (exact) mass is 241 g/mol. The van der Waals surface area contributed by atoms with Crippen molar-refractivity contribution in [3.05, 3.63) is 11.5 Å². The van der Waals surface area contributed by atoms with Gasteiger partial charge in [-0.3, -0.25) is 0 Å². The van der Waals surface area contributed by atoms with Gasteiger partial charge in [0.2, 0.25) is 0 Å². The minimum absolute atomic E-state index is 0.302. The summed E-state index contributed by atoms with van der Waals surface area (Å²) in [5.41, 5.74) is 1.23. The zero-order valence-corrected chi connectivity index (χ0v) is 11.7. The second-order valence-electron chi connectivity index (χ2n) is 4.98. The predicted molar refractivity (Wildman–Crippen MR) is 70.6 cm³/mol. The lowest BCUT2D eigenvalue weighted by atomic mass is 10.1. The van der Waals surface area contributed by atoms with Gasteiger partial charge in [-0.1, -0.05) is 13.8 Å². The molecular weight excluding hydrogens is 214 g/mol. The summed E-state index contributed by atoms with van der Waals surface area (Å²) in [6.45, 7) is 10.8. The van der Waals surface area contributed by atoms with Crippen LogP contribution in [0, 0.1) is 5.92 Å². The van der Waals surface area contributed by atoms with Crippen LogP contribution in [-0.2, 0) is 4.74 Å². The molecular formula is C14H27NO2. The quantitative estimate of drug-likeness (QED) is 0.726. The maximum absolute atomic E-state index is 9.15. The van der Waals surface area contributed by atoms with Crippen molar-refractivity contribution in [2.75, 3.05) is 19.7 Å². The summed E-state index contributed by atoms with van der Waals surface area (Å²) >= 11 is 0. The zero-order chi connectivity index (χ0) is 12.8. The summed E-state index contributed by atoms with van der Waals surface area (Å²) in [6.07, 6.45) is 3.54. The van der Waals surface area contributed by atoms with Crippen LogP contribution >= 0.6 is 0 Å². The van der Waals surface area contributed by atoms with Crippen molar-refractivity contribution in [2.24, 2.45) is 5.92 Å². The molecule has 0 aliphatic carbocycles. The molecule has 1 heterocycles. The third-order valence-corrected chi connectivity index (χ3v) is 3.78. The smallest absolute Gasteiger partial charge is 0.112 e. The minimum atomic E-state index is 0.302. The highest BCUT2D eigenvalue weighted by molar-refractivity contribution is 5.05. The number of ether oxygens (including phenoxy) is 1. The Balaban J connectivity index is 2.57. The molecule has 17 heavy (non-hydrogen) atoms. The molecule has 0 aromatic carbocycles. The van der Waals surface area contributed by atoms with Crippen LogP contribution in [0.2, 0.25) is 0 Å². The average Bonchev–Trinajstić information content (AvgIpc) is 2.83. The Bertz CT molecular complexity index is 259. The van der Waals surface area contributed by atoms with Crippen LogP contribution in [0.3, 0.4) is 0 Å². The van der Waals surface area contributed by atoms with Crippen molar-refractivity contribution in [3.63, 3.8) is 0 Å². The van der Waals surface area contributed by atoms with Gasteiger partial charge in [-0.05, 0) is 33.1 Å². The fraction of sp³-hybridized carbons (Fsp3) is 0.857. The number of aliphatic hydroxyl groups is 1. The van der Waals surface area contributed by atoms with E-state index < -0.39 is 0 Å². The highest BCUT2D eigenvalue weighted by Crippen LogP contribution is 2.23. The third-order valence-electron chi connectivity index (χ3n) is 3.78. The predicted octanol–water partition coefficient (Wildman–Crippen LogP) is 2.76. The maximum atomic E-state index is 9.15. The SMILES string of the molecule is CCC(CC)O/C(C)=C(/C)N1CCC(CO)C1. The number of aliphatic hydroxyl groups excluding tert-OH is 1. The topological polar surface area (TPSA) is 32.7 Å². The Kier molecular flexibility index (Phi) is 5.83. The first-order chi connectivity index (χ1) is 8.12. The molecule has 3 nitrogen and oxygen atoms in total. The van der Waals surface area contributed by atoms with E-state index in [1.54, 1.807) is 0 Å². The molecule has 1 N–H and O–H groups in total. The molecule has 1 atom stereocenters. The van der Waals surface area contributed by atoms with E-state index in [0.717, 1.165) is 38.1 Å². The second-order valence-corrected chi connectivity index (χ2v) is 4.98. The highest BCUT2D eigenvalue weighted by Gasteiger charge is 2.23. The van der Waals surface area contributed by atoms with Gasteiger partial charge in [-0.15, -0.1) is 0 Å². The summed E-state index contributed by atoms with van der Waals surface area (Å²) in [4.78, 5) is 2.33. The summed E-state index contributed by atoms with van der Waals surface area (Å²) in [5.74, 6) is 1.48. The first kappa shape index (κ1) is 14.4. The van der Waals surface area contributed by atoms with Gasteiger partial charge < -0.3 is 14.7 Å². The Morgan fingerprint density at radius 1 is 1.35 bits per heavy atom. The summed E-state index contributed by atoms with van der Waals surface area (Å²) in [6, 6.07) is 0. The fourth-order valence-corrected chi connectivity index (χ4v) is 2.30. The first-order valence-electron chi connectivity index (χ1n) is 6.82. The van der Waals surface area contributed by atoms with E-state index in [1.165, 1.54) is 5.70 Å². The molecule has 1 fully saturated rings. The van der Waals surface area contributed by atoms with E-state index in [4.69, 9.17) is 9.84 Å². The van der Waals surface area contributed by atoms with Crippen molar-refractivity contribution < 1.29 is 9.84 Å². The number of likely N-dealkylation sites (tertiary alicyclic amines) is 1. The van der Waals surface area contributed by atoms with E-state index in [1.807, 2.05) is 0 Å². The van der Waals surface area contributed by atoms with Gasteiger partial charge in [0.25, 0.3) is 0 Å². The lowest BCUT2D eigenvalue weighted by Crippen LogP contribution is -2.22.